The summed E-state index contributed by atoms with van der Waals surface area (Å²) in [5.41, 5.74) is 6.77. The van der Waals surface area contributed by atoms with E-state index in [1.54, 1.807) is 36.4 Å². The third kappa shape index (κ3) is 3.75. The lowest BCUT2D eigenvalue weighted by molar-refractivity contribution is 0.108. The number of methoxy groups -OCH3 is 2. The van der Waals surface area contributed by atoms with Crippen LogP contribution in [-0.4, -0.2) is 25.9 Å². The summed E-state index contributed by atoms with van der Waals surface area (Å²) in [6.07, 6.45) is -0.909. The van der Waals surface area contributed by atoms with Gasteiger partial charge in [-0.1, -0.05) is 17.7 Å². The van der Waals surface area contributed by atoms with Crippen molar-refractivity contribution in [2.75, 3.05) is 26.6 Å². The molecule has 0 radical (unpaired) electrons. The van der Waals surface area contributed by atoms with Gasteiger partial charge in [-0.05, 0) is 18.2 Å². The van der Waals surface area contributed by atoms with Crippen molar-refractivity contribution in [2.45, 2.75) is 6.10 Å². The Morgan fingerprint density at radius 1 is 1.14 bits per heavy atom. The monoisotopic (exact) mass is 323 g/mol. The van der Waals surface area contributed by atoms with Crippen LogP contribution in [0.4, 0.5) is 5.69 Å². The Morgan fingerprint density at radius 2 is 1.82 bits per heavy atom. The van der Waals surface area contributed by atoms with Gasteiger partial charge in [0, 0.05) is 23.4 Å². The van der Waals surface area contributed by atoms with Crippen molar-refractivity contribution in [3.05, 3.63) is 47.0 Å². The molecule has 5 nitrogen and oxygen atoms in total. The average molecular weight is 324 g/mol. The molecule has 0 spiro atoms. The van der Waals surface area contributed by atoms with Crippen molar-refractivity contribution in [1.82, 2.24) is 0 Å². The summed E-state index contributed by atoms with van der Waals surface area (Å²) in [6.45, 7) is 0.0403. The van der Waals surface area contributed by atoms with E-state index in [9.17, 15) is 5.11 Å². The topological polar surface area (TPSA) is 73.9 Å². The molecule has 0 saturated carbocycles. The predicted octanol–water partition coefficient (Wildman–Crippen LogP) is 3.05. The molecule has 3 N–H and O–H groups in total. The second-order valence-electron chi connectivity index (χ2n) is 4.63. The van der Waals surface area contributed by atoms with Gasteiger partial charge in [-0.25, -0.2) is 0 Å². The zero-order valence-electron chi connectivity index (χ0n) is 12.4. The Kier molecular flexibility index (Phi) is 5.35. The second kappa shape index (κ2) is 7.24. The SMILES string of the molecule is COc1cc(Cl)c(C(O)COc2cccc(N)c2)cc1OC. The Morgan fingerprint density at radius 3 is 2.45 bits per heavy atom. The van der Waals surface area contributed by atoms with Crippen molar-refractivity contribution in [3.63, 3.8) is 0 Å². The van der Waals surface area contributed by atoms with Gasteiger partial charge in [0.1, 0.15) is 18.5 Å². The van der Waals surface area contributed by atoms with E-state index in [4.69, 9.17) is 31.5 Å². The first-order chi connectivity index (χ1) is 10.5. The molecule has 0 aliphatic rings. The van der Waals surface area contributed by atoms with Gasteiger partial charge in [-0.3, -0.25) is 0 Å². The van der Waals surface area contributed by atoms with Crippen LogP contribution in [0.3, 0.4) is 0 Å². The van der Waals surface area contributed by atoms with E-state index in [0.29, 0.717) is 33.5 Å². The number of halogens is 1. The van der Waals surface area contributed by atoms with Crippen molar-refractivity contribution in [1.29, 1.82) is 0 Å². The molecular formula is C16H18ClNO4. The predicted molar refractivity (Wildman–Crippen MR) is 85.9 cm³/mol. The molecule has 2 aromatic rings. The van der Waals surface area contributed by atoms with Crippen LogP contribution < -0.4 is 19.9 Å². The molecule has 1 unspecified atom stereocenters. The molecule has 0 aliphatic heterocycles. The summed E-state index contributed by atoms with van der Waals surface area (Å²) in [7, 11) is 3.04. The number of anilines is 1. The highest BCUT2D eigenvalue weighted by atomic mass is 35.5. The Bertz CT molecular complexity index is 648. The molecule has 0 fully saturated rings. The van der Waals surface area contributed by atoms with Gasteiger partial charge in [-0.15, -0.1) is 0 Å². The number of benzene rings is 2. The Hall–Kier alpha value is -2.11. The summed E-state index contributed by atoms with van der Waals surface area (Å²) in [6, 6.07) is 10.2. The fourth-order valence-electron chi connectivity index (χ4n) is 1.99. The van der Waals surface area contributed by atoms with Crippen molar-refractivity contribution >= 4 is 17.3 Å². The van der Waals surface area contributed by atoms with E-state index in [1.165, 1.54) is 14.2 Å². The molecule has 0 aromatic heterocycles. The minimum absolute atomic E-state index is 0.0403. The molecule has 2 rings (SSSR count). The minimum atomic E-state index is -0.909. The maximum atomic E-state index is 10.3. The first-order valence-electron chi connectivity index (χ1n) is 6.63. The van der Waals surface area contributed by atoms with Crippen LogP contribution in [0.15, 0.2) is 36.4 Å². The van der Waals surface area contributed by atoms with E-state index in [0.717, 1.165) is 0 Å². The number of nitrogen functional groups attached to an aromatic ring is 1. The van der Waals surface area contributed by atoms with Gasteiger partial charge in [0.05, 0.1) is 19.2 Å². The molecule has 22 heavy (non-hydrogen) atoms. The maximum Gasteiger partial charge on any atom is 0.162 e. The highest BCUT2D eigenvalue weighted by Gasteiger charge is 2.17. The molecule has 118 valence electrons. The van der Waals surface area contributed by atoms with Crippen molar-refractivity contribution in [3.8, 4) is 17.2 Å². The van der Waals surface area contributed by atoms with E-state index < -0.39 is 6.10 Å². The van der Waals surface area contributed by atoms with Crippen molar-refractivity contribution < 1.29 is 19.3 Å². The minimum Gasteiger partial charge on any atom is -0.493 e. The summed E-state index contributed by atoms with van der Waals surface area (Å²) in [5, 5.41) is 10.7. The van der Waals surface area contributed by atoms with E-state index in [1.807, 2.05) is 0 Å². The van der Waals surface area contributed by atoms with E-state index in [-0.39, 0.29) is 6.61 Å². The molecule has 1 atom stereocenters. The normalized spacial score (nSPS) is 11.8. The largest absolute Gasteiger partial charge is 0.493 e. The number of aliphatic hydroxyl groups is 1. The van der Waals surface area contributed by atoms with Crippen LogP contribution in [0.5, 0.6) is 17.2 Å². The first-order valence-corrected chi connectivity index (χ1v) is 7.00. The third-order valence-electron chi connectivity index (χ3n) is 3.13. The highest BCUT2D eigenvalue weighted by Crippen LogP contribution is 2.36. The number of aliphatic hydroxyl groups excluding tert-OH is 1. The summed E-state index contributed by atoms with van der Waals surface area (Å²) < 4.78 is 15.9. The number of ether oxygens (including phenoxy) is 3. The molecule has 6 heteroatoms. The van der Waals surface area contributed by atoms with Gasteiger partial charge in [0.2, 0.25) is 0 Å². The molecule has 0 heterocycles. The molecule has 2 aromatic carbocycles. The van der Waals surface area contributed by atoms with Gasteiger partial charge >= 0.3 is 0 Å². The number of hydrogen-bond acceptors (Lipinski definition) is 5. The van der Waals surface area contributed by atoms with Crippen LogP contribution >= 0.6 is 11.6 Å². The van der Waals surface area contributed by atoms with Crippen LogP contribution in [0, 0.1) is 0 Å². The summed E-state index contributed by atoms with van der Waals surface area (Å²) in [4.78, 5) is 0. The second-order valence-corrected chi connectivity index (χ2v) is 5.04. The third-order valence-corrected chi connectivity index (χ3v) is 3.46. The van der Waals surface area contributed by atoms with Crippen LogP contribution in [-0.2, 0) is 0 Å². The van der Waals surface area contributed by atoms with Gasteiger partial charge < -0.3 is 25.1 Å². The first kappa shape index (κ1) is 16.3. The Balaban J connectivity index is 2.13. The number of hydrogen-bond donors (Lipinski definition) is 2. The summed E-state index contributed by atoms with van der Waals surface area (Å²) >= 11 is 6.17. The number of rotatable bonds is 6. The zero-order valence-corrected chi connectivity index (χ0v) is 13.1. The fraction of sp³-hybridized carbons (Fsp3) is 0.250. The van der Waals surface area contributed by atoms with Crippen LogP contribution in [0.25, 0.3) is 0 Å². The highest BCUT2D eigenvalue weighted by molar-refractivity contribution is 6.31. The molecular weight excluding hydrogens is 306 g/mol. The average Bonchev–Trinajstić information content (AvgIpc) is 2.52. The fourth-order valence-corrected chi connectivity index (χ4v) is 2.27. The molecule has 0 aliphatic carbocycles. The van der Waals surface area contributed by atoms with Gasteiger partial charge in [-0.2, -0.15) is 0 Å². The summed E-state index contributed by atoms with van der Waals surface area (Å²) in [5.74, 6) is 1.57. The smallest absolute Gasteiger partial charge is 0.162 e. The lowest BCUT2D eigenvalue weighted by atomic mass is 10.1. The lowest BCUT2D eigenvalue weighted by Crippen LogP contribution is -2.10. The lowest BCUT2D eigenvalue weighted by Gasteiger charge is -2.17. The number of nitrogens with two attached hydrogens (primary N) is 1. The van der Waals surface area contributed by atoms with E-state index >= 15 is 0 Å². The maximum absolute atomic E-state index is 10.3. The van der Waals surface area contributed by atoms with Crippen molar-refractivity contribution in [2.24, 2.45) is 0 Å². The zero-order chi connectivity index (χ0) is 16.1. The van der Waals surface area contributed by atoms with E-state index in [2.05, 4.69) is 0 Å². The quantitative estimate of drug-likeness (QED) is 0.799. The standard InChI is InChI=1S/C16H18ClNO4/c1-20-15-7-12(13(17)8-16(15)21-2)14(19)9-22-11-5-3-4-10(18)6-11/h3-8,14,19H,9,18H2,1-2H3. The Labute approximate surface area is 134 Å². The molecule has 0 bridgehead atoms. The van der Waals surface area contributed by atoms with Gasteiger partial charge in [0.15, 0.2) is 11.5 Å². The van der Waals surface area contributed by atoms with Crippen LogP contribution in [0.1, 0.15) is 11.7 Å². The van der Waals surface area contributed by atoms with Crippen LogP contribution in [0.2, 0.25) is 5.02 Å². The van der Waals surface area contributed by atoms with Gasteiger partial charge in [0.25, 0.3) is 0 Å². The molecule has 0 amide bonds. The molecule has 0 saturated heterocycles.